The molecule has 270 valence electrons. The molecule has 0 fully saturated rings. The van der Waals surface area contributed by atoms with E-state index < -0.39 is 53.7 Å². The molecule has 0 atom stereocenters. The van der Waals surface area contributed by atoms with Gasteiger partial charge in [0.05, 0.1) is 27.6 Å². The van der Waals surface area contributed by atoms with Gasteiger partial charge in [-0.3, -0.25) is 9.55 Å². The summed E-state index contributed by atoms with van der Waals surface area (Å²) in [5.41, 5.74) is 6.41. The van der Waals surface area contributed by atoms with E-state index in [1.165, 1.54) is 0 Å². The van der Waals surface area contributed by atoms with Gasteiger partial charge in [0.2, 0.25) is 0 Å². The maximum atomic E-state index is 11.3. The molecule has 0 saturated carbocycles. The van der Waals surface area contributed by atoms with E-state index in [9.17, 15) is 7.85 Å². The van der Waals surface area contributed by atoms with Crippen molar-refractivity contribution in [3.63, 3.8) is 0 Å². The van der Waals surface area contributed by atoms with Crippen LogP contribution in [0.1, 0.15) is 64.0 Å². The molecule has 0 radical (unpaired) electrons. The van der Waals surface area contributed by atoms with Gasteiger partial charge in [0.25, 0.3) is 0 Å². The molecule has 2 aromatic heterocycles. The Morgan fingerprint density at radius 3 is 2.20 bits per heavy atom. The van der Waals surface area contributed by atoms with E-state index in [4.69, 9.17) is 14.6 Å². The number of pyridine rings is 1. The second-order valence-corrected chi connectivity index (χ2v) is 14.2. The minimum absolute atomic E-state index is 0. The summed E-state index contributed by atoms with van der Waals surface area (Å²) in [6, 6.07) is 32.0. The fourth-order valence-electron chi connectivity index (χ4n) is 6.60. The number of nitrogens with zero attached hydrogens (tertiary/aromatic N) is 3. The van der Waals surface area contributed by atoms with E-state index in [1.54, 1.807) is 18.2 Å². The summed E-state index contributed by atoms with van der Waals surface area (Å²) < 4.78 is 80.0. The van der Waals surface area contributed by atoms with Gasteiger partial charge in [-0.2, -0.15) is 0 Å². The normalized spacial score (nSPS) is 14.1. The van der Waals surface area contributed by atoms with Crippen molar-refractivity contribution in [3.05, 3.63) is 169 Å². The van der Waals surface area contributed by atoms with Gasteiger partial charge in [0.1, 0.15) is 11.6 Å². The van der Waals surface area contributed by atoms with Crippen molar-refractivity contribution < 1.29 is 38.5 Å². The number of aromatic nitrogens is 3. The van der Waals surface area contributed by atoms with Gasteiger partial charge < -0.3 is 5.11 Å². The van der Waals surface area contributed by atoms with Crippen LogP contribution in [-0.2, 0) is 26.5 Å². The Morgan fingerprint density at radius 2 is 1.46 bits per heavy atom. The number of phenolic OH excluding ortho intramolecular Hbond substituents is 1. The number of rotatable bonds is 7. The van der Waals surface area contributed by atoms with E-state index in [-0.39, 0.29) is 49.7 Å². The molecule has 54 heavy (non-hydrogen) atoms. The van der Waals surface area contributed by atoms with E-state index in [2.05, 4.69) is 11.1 Å². The van der Waals surface area contributed by atoms with Crippen LogP contribution in [-0.4, -0.2) is 19.6 Å². The second-order valence-electron chi connectivity index (χ2n) is 14.2. The van der Waals surface area contributed by atoms with E-state index >= 15 is 0 Å². The number of fused-ring (bicyclic) bond motifs is 1. The van der Waals surface area contributed by atoms with Crippen LogP contribution >= 0.6 is 0 Å². The van der Waals surface area contributed by atoms with Gasteiger partial charge >= 0.3 is 0 Å². The molecule has 6 aromatic carbocycles. The third kappa shape index (κ3) is 7.07. The molecule has 0 aliphatic heterocycles. The quantitative estimate of drug-likeness (QED) is 0.162. The van der Waals surface area contributed by atoms with Gasteiger partial charge in [-0.1, -0.05) is 143 Å². The summed E-state index contributed by atoms with van der Waals surface area (Å²) in [5.74, 6) is -0.493. The van der Waals surface area contributed by atoms with Crippen LogP contribution < -0.4 is 0 Å². The second kappa shape index (κ2) is 15.0. The molecular weight excluding hydrogens is 842 g/mol. The fourth-order valence-corrected chi connectivity index (χ4v) is 6.60. The zero-order valence-corrected chi connectivity index (χ0v) is 32.7. The Bertz CT molecular complexity index is 3070. The van der Waals surface area contributed by atoms with Gasteiger partial charge in [-0.25, -0.2) is 4.98 Å². The summed E-state index contributed by atoms with van der Waals surface area (Å²) in [7, 11) is 0. The fraction of sp³-hybridized carbons (Fsp3) is 0.143. The van der Waals surface area contributed by atoms with E-state index in [0.29, 0.717) is 39.1 Å². The number of hydrogen-bond acceptors (Lipinski definition) is 3. The average molecular weight is 893 g/mol. The maximum Gasteiger partial charge on any atom is 0.148 e. The van der Waals surface area contributed by atoms with Crippen LogP contribution in [0.4, 0.5) is 0 Å². The Balaban J connectivity index is 0.00000595. The molecular formula is C49H42N3OPt-. The molecule has 8 rings (SSSR count). The molecule has 8 aromatic rings. The van der Waals surface area contributed by atoms with Crippen LogP contribution in [0.25, 0.3) is 72.7 Å². The summed E-state index contributed by atoms with van der Waals surface area (Å²) in [6.45, 7) is 9.80. The topological polar surface area (TPSA) is 50.9 Å². The monoisotopic (exact) mass is 892 g/mol. The van der Waals surface area contributed by atoms with Crippen molar-refractivity contribution in [1.29, 1.82) is 0 Å². The third-order valence-corrected chi connectivity index (χ3v) is 9.34. The molecule has 2 heterocycles. The maximum absolute atomic E-state index is 11.3. The Hall–Kier alpha value is -5.57. The zero-order chi connectivity index (χ0) is 44.6. The summed E-state index contributed by atoms with van der Waals surface area (Å²) >= 11 is 0. The molecule has 0 amide bonds. The number of imidazole rings is 1. The van der Waals surface area contributed by atoms with Crippen LogP contribution in [0.3, 0.4) is 0 Å². The van der Waals surface area contributed by atoms with Gasteiger partial charge in [-0.05, 0) is 75.5 Å². The zero-order valence-electron chi connectivity index (χ0n) is 39.4. The van der Waals surface area contributed by atoms with Crippen LogP contribution in [0, 0.1) is 6.07 Å². The van der Waals surface area contributed by atoms with Crippen molar-refractivity contribution in [2.45, 2.75) is 45.9 Å². The molecule has 0 saturated heterocycles. The van der Waals surface area contributed by atoms with Crippen molar-refractivity contribution in [2.24, 2.45) is 0 Å². The Morgan fingerprint density at radius 1 is 0.741 bits per heavy atom. The predicted octanol–water partition coefficient (Wildman–Crippen LogP) is 12.7. The molecule has 0 unspecified atom stereocenters. The van der Waals surface area contributed by atoms with Crippen molar-refractivity contribution >= 4 is 11.0 Å². The molecule has 0 spiro atoms. The van der Waals surface area contributed by atoms with Gasteiger partial charge in [0.15, 0.2) is 0 Å². The molecule has 0 aliphatic rings. The van der Waals surface area contributed by atoms with Crippen molar-refractivity contribution in [1.82, 2.24) is 14.5 Å². The molecule has 5 heteroatoms. The number of benzene rings is 6. The van der Waals surface area contributed by atoms with Gasteiger partial charge in [-0.15, -0.1) is 29.3 Å². The number of para-hydroxylation sites is 2. The number of hydrogen-bond donors (Lipinski definition) is 1. The van der Waals surface area contributed by atoms with Gasteiger partial charge in [0, 0.05) is 40.0 Å². The number of phenols is 1. The van der Waals surface area contributed by atoms with Crippen molar-refractivity contribution in [3.8, 4) is 67.5 Å². The number of aromatic hydroxyl groups is 1. The SMILES string of the molecule is [2H]c1nc(-c2[c-]c(-c3cccc4c3nc(-c3ccccc3O)n4-c3ccc(-c4ccccc4)c(C([2H])(C)C)c3)cc(C(C)(C)C)c2)c([2H])c(-c2c([2H])c([2H])c([2H])c([2H])c2[2H])c1[2H].[Pt]. The molecule has 0 bridgehead atoms. The smallest absolute Gasteiger partial charge is 0.148 e. The first-order chi connectivity index (χ1) is 29.3. The standard InChI is InChI=1S/C49H42N3O.Pt/c1-32(2)43-31-39(23-24-40(43)34-17-10-7-11-18-34)52-45-21-14-20-41(47(45)51-48(52)42-19-12-13-22-46(42)53)36-27-37(29-38(28-36)49(3,4)5)44-30-35(25-26-50-44)33-15-8-6-9-16-33;/h6-26,28-32,53H,1-5H3;/q-1;/i6D,8D,9D,15D,16D,25D,26D,30D,32D;. The third-order valence-electron chi connectivity index (χ3n) is 9.34. The Kier molecular flexibility index (Phi) is 7.55. The van der Waals surface area contributed by atoms with Crippen LogP contribution in [0.5, 0.6) is 5.75 Å². The molecule has 1 N–H and O–H groups in total. The first-order valence-corrected chi connectivity index (χ1v) is 17.4. The molecule has 0 aliphatic carbocycles. The first kappa shape index (κ1) is 27.1. The van der Waals surface area contributed by atoms with Crippen molar-refractivity contribution in [2.75, 3.05) is 0 Å². The van der Waals surface area contributed by atoms with Crippen LogP contribution in [0.15, 0.2) is 152 Å². The average Bonchev–Trinajstić information content (AvgIpc) is 3.63. The minimum atomic E-state index is -0.985. The van der Waals surface area contributed by atoms with Crippen LogP contribution in [0.2, 0.25) is 0 Å². The minimum Gasteiger partial charge on any atom is -0.507 e. The largest absolute Gasteiger partial charge is 0.507 e. The summed E-state index contributed by atoms with van der Waals surface area (Å²) in [6.07, 6.45) is -0.532. The predicted molar refractivity (Wildman–Crippen MR) is 219 cm³/mol. The summed E-state index contributed by atoms with van der Waals surface area (Å²) in [4.78, 5) is 9.62. The Labute approximate surface area is 345 Å². The molecule has 4 nitrogen and oxygen atoms in total. The van der Waals surface area contributed by atoms with E-state index in [1.807, 2.05) is 124 Å². The van der Waals surface area contributed by atoms with E-state index in [0.717, 1.165) is 27.9 Å². The summed E-state index contributed by atoms with van der Waals surface area (Å²) in [5, 5.41) is 11.3. The first-order valence-electron chi connectivity index (χ1n) is 21.9.